The van der Waals surface area contributed by atoms with Crippen LogP contribution in [0.1, 0.15) is 20.8 Å². The normalized spacial score (nSPS) is 19.4. The average Bonchev–Trinajstić information content (AvgIpc) is 2.88. The fraction of sp³-hybridized carbons (Fsp3) is 0.200. The van der Waals surface area contributed by atoms with Gasteiger partial charge in [0.1, 0.15) is 0 Å². The number of hydrogen-bond donors (Lipinski definition) is 1. The summed E-state index contributed by atoms with van der Waals surface area (Å²) in [7, 11) is 0. The Morgan fingerprint density at radius 3 is 2.79 bits per heavy atom. The summed E-state index contributed by atoms with van der Waals surface area (Å²) in [4.78, 5) is 28.1. The minimum Gasteiger partial charge on any atom is -0.365 e. The maximum absolute atomic E-state index is 11.8. The average molecular weight is 188 g/mol. The first kappa shape index (κ1) is 7.55. The number of nitrogens with zero attached hydrogens (tertiary/aromatic N) is 1. The molecule has 0 amide bonds. The SMILES string of the molecule is O=C1C=C(N2CC2)C(=O)c2[nH]ccc21. The van der Waals surface area contributed by atoms with E-state index in [0.29, 0.717) is 17.0 Å². The van der Waals surface area contributed by atoms with Crippen molar-refractivity contribution in [2.24, 2.45) is 0 Å². The molecule has 2 heterocycles. The van der Waals surface area contributed by atoms with Crippen LogP contribution >= 0.6 is 0 Å². The third kappa shape index (κ3) is 0.878. The molecule has 0 radical (unpaired) electrons. The van der Waals surface area contributed by atoms with E-state index in [1.165, 1.54) is 6.08 Å². The van der Waals surface area contributed by atoms with Gasteiger partial charge in [-0.3, -0.25) is 9.59 Å². The topological polar surface area (TPSA) is 52.9 Å². The molecular weight excluding hydrogens is 180 g/mol. The Balaban J connectivity index is 2.13. The second-order valence-corrected chi connectivity index (χ2v) is 3.48. The van der Waals surface area contributed by atoms with Crippen molar-refractivity contribution >= 4 is 11.6 Å². The molecule has 0 unspecified atom stereocenters. The van der Waals surface area contributed by atoms with Gasteiger partial charge in [0.05, 0.1) is 17.0 Å². The lowest BCUT2D eigenvalue weighted by molar-refractivity contribution is 0.0967. The van der Waals surface area contributed by atoms with Crippen LogP contribution in [-0.4, -0.2) is 34.5 Å². The van der Waals surface area contributed by atoms with Crippen LogP contribution in [0.15, 0.2) is 24.0 Å². The lowest BCUT2D eigenvalue weighted by Gasteiger charge is -2.12. The number of Topliss-reactive ketones (excluding diaryl/α,β-unsaturated/α-hetero) is 1. The molecule has 1 saturated heterocycles. The molecule has 1 aliphatic carbocycles. The highest BCUT2D eigenvalue weighted by Gasteiger charge is 2.33. The number of rotatable bonds is 1. The molecule has 0 atom stereocenters. The Kier molecular flexibility index (Phi) is 1.27. The highest BCUT2D eigenvalue weighted by atomic mass is 16.1. The first-order valence-electron chi connectivity index (χ1n) is 4.50. The summed E-state index contributed by atoms with van der Waals surface area (Å²) < 4.78 is 0. The summed E-state index contributed by atoms with van der Waals surface area (Å²) in [5, 5.41) is 0. The maximum Gasteiger partial charge on any atom is 0.226 e. The molecule has 0 saturated carbocycles. The zero-order chi connectivity index (χ0) is 9.71. The molecule has 4 heteroatoms. The summed E-state index contributed by atoms with van der Waals surface area (Å²) >= 11 is 0. The minimum atomic E-state index is -0.0808. The molecular formula is C10H8N2O2. The van der Waals surface area contributed by atoms with Crippen LogP contribution < -0.4 is 0 Å². The highest BCUT2D eigenvalue weighted by Crippen LogP contribution is 2.25. The van der Waals surface area contributed by atoms with Gasteiger partial charge in [-0.25, -0.2) is 0 Å². The quantitative estimate of drug-likeness (QED) is 0.656. The van der Waals surface area contributed by atoms with Gasteiger partial charge < -0.3 is 9.88 Å². The number of hydrogen-bond acceptors (Lipinski definition) is 3. The van der Waals surface area contributed by atoms with Crippen molar-refractivity contribution in [1.82, 2.24) is 9.88 Å². The Bertz CT molecular complexity index is 466. The van der Waals surface area contributed by atoms with Crippen LogP contribution in [0.5, 0.6) is 0 Å². The van der Waals surface area contributed by atoms with Gasteiger partial charge in [0.2, 0.25) is 5.78 Å². The van der Waals surface area contributed by atoms with E-state index in [4.69, 9.17) is 0 Å². The number of allylic oxidation sites excluding steroid dienone is 2. The van der Waals surface area contributed by atoms with Gasteiger partial charge in [-0.05, 0) is 6.07 Å². The summed E-state index contributed by atoms with van der Waals surface area (Å²) in [5.41, 5.74) is 1.45. The lowest BCUT2D eigenvalue weighted by atomic mass is 10.00. The lowest BCUT2D eigenvalue weighted by Crippen LogP contribution is -2.20. The van der Waals surface area contributed by atoms with Crippen molar-refractivity contribution < 1.29 is 9.59 Å². The van der Waals surface area contributed by atoms with Crippen molar-refractivity contribution in [3.63, 3.8) is 0 Å². The molecule has 1 aliphatic heterocycles. The molecule has 1 N–H and O–H groups in total. The second kappa shape index (κ2) is 2.35. The van der Waals surface area contributed by atoms with E-state index in [2.05, 4.69) is 4.98 Å². The fourth-order valence-corrected chi connectivity index (χ4v) is 1.68. The molecule has 70 valence electrons. The van der Waals surface area contributed by atoms with Gasteiger partial charge in [0.25, 0.3) is 0 Å². The zero-order valence-corrected chi connectivity index (χ0v) is 7.41. The minimum absolute atomic E-state index is 0.0675. The molecule has 3 rings (SSSR count). The zero-order valence-electron chi connectivity index (χ0n) is 7.41. The molecule has 4 nitrogen and oxygen atoms in total. The third-order valence-electron chi connectivity index (χ3n) is 2.53. The Labute approximate surface area is 80.2 Å². The van der Waals surface area contributed by atoms with E-state index >= 15 is 0 Å². The number of aromatic amines is 1. The molecule has 0 bridgehead atoms. The first-order valence-corrected chi connectivity index (χ1v) is 4.50. The summed E-state index contributed by atoms with van der Waals surface area (Å²) in [6.45, 7) is 1.75. The smallest absolute Gasteiger partial charge is 0.226 e. The molecule has 1 fully saturated rings. The van der Waals surface area contributed by atoms with Gasteiger partial charge in [0, 0.05) is 25.4 Å². The maximum atomic E-state index is 11.8. The van der Waals surface area contributed by atoms with Gasteiger partial charge in [-0.2, -0.15) is 0 Å². The van der Waals surface area contributed by atoms with Crippen molar-refractivity contribution in [2.45, 2.75) is 0 Å². The van der Waals surface area contributed by atoms with Gasteiger partial charge in [-0.15, -0.1) is 0 Å². The molecule has 2 aliphatic rings. The first-order chi connectivity index (χ1) is 6.77. The van der Waals surface area contributed by atoms with Crippen molar-refractivity contribution in [3.05, 3.63) is 35.3 Å². The number of carbonyl (C=O) groups excluding carboxylic acids is 2. The van der Waals surface area contributed by atoms with Crippen LogP contribution in [0, 0.1) is 0 Å². The van der Waals surface area contributed by atoms with Gasteiger partial charge >= 0.3 is 0 Å². The fourth-order valence-electron chi connectivity index (χ4n) is 1.68. The summed E-state index contributed by atoms with van der Waals surface area (Å²) in [6.07, 6.45) is 3.06. The Hall–Kier alpha value is -1.84. The van der Waals surface area contributed by atoms with Crippen molar-refractivity contribution in [2.75, 3.05) is 13.1 Å². The van der Waals surface area contributed by atoms with Crippen LogP contribution in [0.2, 0.25) is 0 Å². The van der Waals surface area contributed by atoms with E-state index in [-0.39, 0.29) is 11.6 Å². The monoisotopic (exact) mass is 188 g/mol. The van der Waals surface area contributed by atoms with Crippen LogP contribution in [-0.2, 0) is 0 Å². The van der Waals surface area contributed by atoms with Crippen molar-refractivity contribution in [3.8, 4) is 0 Å². The summed E-state index contributed by atoms with van der Waals surface area (Å²) in [6, 6.07) is 1.64. The van der Waals surface area contributed by atoms with Crippen molar-refractivity contribution in [1.29, 1.82) is 0 Å². The molecule has 0 spiro atoms. The van der Waals surface area contributed by atoms with E-state index in [9.17, 15) is 9.59 Å². The molecule has 14 heavy (non-hydrogen) atoms. The second-order valence-electron chi connectivity index (χ2n) is 3.48. The van der Waals surface area contributed by atoms with E-state index < -0.39 is 0 Å². The molecule has 1 aromatic heterocycles. The molecule has 1 aromatic rings. The largest absolute Gasteiger partial charge is 0.365 e. The summed E-state index contributed by atoms with van der Waals surface area (Å²) in [5.74, 6) is -0.148. The number of nitrogens with one attached hydrogen (secondary N) is 1. The van der Waals surface area contributed by atoms with Gasteiger partial charge in [0.15, 0.2) is 5.78 Å². The van der Waals surface area contributed by atoms with E-state index in [0.717, 1.165) is 13.1 Å². The van der Waals surface area contributed by atoms with E-state index in [1.807, 2.05) is 4.90 Å². The van der Waals surface area contributed by atoms with Crippen LogP contribution in [0.25, 0.3) is 0 Å². The third-order valence-corrected chi connectivity index (χ3v) is 2.53. The van der Waals surface area contributed by atoms with Gasteiger partial charge in [-0.1, -0.05) is 0 Å². The number of aromatic nitrogens is 1. The standard InChI is InChI=1S/C10H8N2O2/c13-8-5-7(12-3-4-12)10(14)9-6(8)1-2-11-9/h1-2,5,11H,3-4H2. The number of carbonyl (C=O) groups is 2. The Morgan fingerprint density at radius 1 is 1.29 bits per heavy atom. The highest BCUT2D eigenvalue weighted by molar-refractivity contribution is 6.23. The number of H-pyrrole nitrogens is 1. The van der Waals surface area contributed by atoms with E-state index in [1.54, 1.807) is 12.3 Å². The predicted molar refractivity (Wildman–Crippen MR) is 49.1 cm³/mol. The Morgan fingerprint density at radius 2 is 2.07 bits per heavy atom. The number of ketones is 2. The predicted octanol–water partition coefficient (Wildman–Crippen LogP) is 0.593. The molecule has 0 aromatic carbocycles. The number of fused-ring (bicyclic) bond motifs is 1. The van der Waals surface area contributed by atoms with Crippen LogP contribution in [0.4, 0.5) is 0 Å². The van der Waals surface area contributed by atoms with Crippen LogP contribution in [0.3, 0.4) is 0 Å².